The van der Waals surface area contributed by atoms with Crippen molar-refractivity contribution in [1.29, 1.82) is 0 Å². The SMILES string of the molecule is CC1(C)CC(=O)C2=C(C1)Nc1nc(SCc3ccccc3)nn1[C@H]2c1ccc([N+](=O)[O-])cc1. The lowest BCUT2D eigenvalue weighted by atomic mass is 9.73. The Labute approximate surface area is 195 Å². The zero-order valence-corrected chi connectivity index (χ0v) is 19.1. The molecule has 5 rings (SSSR count). The minimum Gasteiger partial charge on any atom is -0.328 e. The Morgan fingerprint density at radius 1 is 1.15 bits per heavy atom. The molecule has 0 saturated carbocycles. The van der Waals surface area contributed by atoms with Crippen molar-refractivity contribution in [3.63, 3.8) is 0 Å². The smallest absolute Gasteiger partial charge is 0.269 e. The molecule has 0 radical (unpaired) electrons. The fourth-order valence-corrected chi connectivity index (χ4v) is 5.24. The van der Waals surface area contributed by atoms with Gasteiger partial charge >= 0.3 is 0 Å². The Morgan fingerprint density at radius 2 is 1.88 bits per heavy atom. The van der Waals surface area contributed by atoms with E-state index in [1.54, 1.807) is 16.8 Å². The Bertz CT molecular complexity index is 1270. The first-order valence-electron chi connectivity index (χ1n) is 10.7. The number of fused-ring (bicyclic) bond motifs is 1. The number of nitrogens with zero attached hydrogens (tertiary/aromatic N) is 4. The fraction of sp³-hybridized carbons (Fsp3) is 0.292. The van der Waals surface area contributed by atoms with Gasteiger partial charge in [-0.15, -0.1) is 5.10 Å². The van der Waals surface area contributed by atoms with E-state index < -0.39 is 11.0 Å². The van der Waals surface area contributed by atoms with Gasteiger partial charge in [0.1, 0.15) is 6.04 Å². The average molecular weight is 462 g/mol. The van der Waals surface area contributed by atoms with Gasteiger partial charge in [-0.2, -0.15) is 4.98 Å². The second-order valence-electron chi connectivity index (χ2n) is 9.15. The summed E-state index contributed by atoms with van der Waals surface area (Å²) in [5.41, 5.74) is 3.32. The molecule has 1 atom stereocenters. The summed E-state index contributed by atoms with van der Waals surface area (Å²) in [5.74, 6) is 1.38. The van der Waals surface area contributed by atoms with E-state index in [1.165, 1.54) is 29.5 Å². The van der Waals surface area contributed by atoms with E-state index >= 15 is 0 Å². The molecule has 1 aliphatic carbocycles. The molecule has 2 aliphatic rings. The van der Waals surface area contributed by atoms with Crippen molar-refractivity contribution in [2.24, 2.45) is 5.41 Å². The molecule has 33 heavy (non-hydrogen) atoms. The fourth-order valence-electron chi connectivity index (χ4n) is 4.46. The number of nitrogens with one attached hydrogen (secondary N) is 1. The monoisotopic (exact) mass is 461 g/mol. The number of carbonyl (C=O) groups excluding carboxylic acids is 1. The number of anilines is 1. The third kappa shape index (κ3) is 4.16. The van der Waals surface area contributed by atoms with Crippen LogP contribution in [0.5, 0.6) is 0 Å². The number of ketones is 1. The number of carbonyl (C=O) groups is 1. The number of allylic oxidation sites excluding steroid dienone is 2. The van der Waals surface area contributed by atoms with E-state index in [0.29, 0.717) is 23.1 Å². The average Bonchev–Trinajstić information content (AvgIpc) is 3.18. The first-order valence-corrected chi connectivity index (χ1v) is 11.7. The maximum atomic E-state index is 13.3. The maximum absolute atomic E-state index is 13.3. The minimum absolute atomic E-state index is 0.0101. The molecule has 9 heteroatoms. The van der Waals surface area contributed by atoms with Gasteiger partial charge in [0.05, 0.1) is 4.92 Å². The summed E-state index contributed by atoms with van der Waals surface area (Å²) in [5, 5.41) is 19.8. The predicted molar refractivity (Wildman–Crippen MR) is 126 cm³/mol. The van der Waals surface area contributed by atoms with Crippen LogP contribution in [0.1, 0.15) is 43.9 Å². The van der Waals surface area contributed by atoms with Gasteiger partial charge in [0.25, 0.3) is 5.69 Å². The Morgan fingerprint density at radius 3 is 2.58 bits per heavy atom. The van der Waals surface area contributed by atoms with Crippen molar-refractivity contribution in [2.75, 3.05) is 5.32 Å². The summed E-state index contributed by atoms with van der Waals surface area (Å²) in [7, 11) is 0. The summed E-state index contributed by atoms with van der Waals surface area (Å²) in [4.78, 5) is 28.7. The highest BCUT2D eigenvalue weighted by molar-refractivity contribution is 7.98. The van der Waals surface area contributed by atoms with Crippen LogP contribution in [0.3, 0.4) is 0 Å². The number of hydrogen-bond acceptors (Lipinski definition) is 7. The predicted octanol–water partition coefficient (Wildman–Crippen LogP) is 5.14. The molecule has 3 aromatic rings. The third-order valence-electron chi connectivity index (χ3n) is 5.94. The second kappa shape index (κ2) is 8.15. The molecule has 1 N–H and O–H groups in total. The van der Waals surface area contributed by atoms with Gasteiger partial charge < -0.3 is 5.32 Å². The first-order chi connectivity index (χ1) is 15.8. The maximum Gasteiger partial charge on any atom is 0.269 e. The highest BCUT2D eigenvalue weighted by Crippen LogP contribution is 2.45. The number of benzene rings is 2. The number of rotatable bonds is 5. The quantitative estimate of drug-likeness (QED) is 0.319. The van der Waals surface area contributed by atoms with Crippen molar-refractivity contribution >= 4 is 29.2 Å². The normalized spacial score (nSPS) is 19.0. The Kier molecular flexibility index (Phi) is 5.28. The van der Waals surface area contributed by atoms with Crippen LogP contribution in [0, 0.1) is 15.5 Å². The molecular weight excluding hydrogens is 438 g/mol. The highest BCUT2D eigenvalue weighted by atomic mass is 32.2. The van der Waals surface area contributed by atoms with Crippen LogP contribution in [0.2, 0.25) is 0 Å². The first kappa shape index (κ1) is 21.4. The lowest BCUT2D eigenvalue weighted by Crippen LogP contribution is -2.36. The number of nitro groups is 1. The van der Waals surface area contributed by atoms with Crippen molar-refractivity contribution < 1.29 is 9.72 Å². The number of nitro benzene ring substituents is 1. The van der Waals surface area contributed by atoms with Gasteiger partial charge in [0.15, 0.2) is 5.78 Å². The van der Waals surface area contributed by atoms with Crippen LogP contribution in [0.25, 0.3) is 0 Å². The van der Waals surface area contributed by atoms with E-state index in [4.69, 9.17) is 10.1 Å². The van der Waals surface area contributed by atoms with Gasteiger partial charge in [0, 0.05) is 35.6 Å². The molecular formula is C24H23N5O3S. The second-order valence-corrected chi connectivity index (χ2v) is 10.1. The number of hydrogen-bond donors (Lipinski definition) is 1. The standard InChI is InChI=1S/C24H23N5O3S/c1-24(2)12-18-20(19(30)13-24)21(16-8-10-17(11-9-16)29(31)32)28-22(25-18)26-23(27-28)33-14-15-6-4-3-5-7-15/h3-11,21H,12-14H2,1-2H3,(H,25,26,27)/t21-/m0/s1. The molecule has 0 spiro atoms. The summed E-state index contributed by atoms with van der Waals surface area (Å²) in [6.45, 7) is 4.16. The number of aromatic nitrogens is 3. The van der Waals surface area contributed by atoms with Crippen LogP contribution >= 0.6 is 11.8 Å². The van der Waals surface area contributed by atoms with Gasteiger partial charge in [-0.1, -0.05) is 55.9 Å². The number of Topliss-reactive ketones (excluding diaryl/α,β-unsaturated/α-hetero) is 1. The van der Waals surface area contributed by atoms with Crippen LogP contribution in [0.15, 0.2) is 71.0 Å². The Balaban J connectivity index is 1.54. The minimum atomic E-state index is -0.473. The largest absolute Gasteiger partial charge is 0.328 e. The van der Waals surface area contributed by atoms with Crippen LogP contribution < -0.4 is 5.32 Å². The zero-order valence-electron chi connectivity index (χ0n) is 18.3. The van der Waals surface area contributed by atoms with E-state index in [0.717, 1.165) is 23.4 Å². The van der Waals surface area contributed by atoms with E-state index in [-0.39, 0.29) is 16.9 Å². The van der Waals surface area contributed by atoms with E-state index in [9.17, 15) is 14.9 Å². The molecule has 0 saturated heterocycles. The van der Waals surface area contributed by atoms with Gasteiger partial charge in [-0.25, -0.2) is 4.68 Å². The molecule has 0 amide bonds. The molecule has 0 unspecified atom stereocenters. The molecule has 0 fully saturated rings. The number of non-ortho nitro benzene ring substituents is 1. The molecule has 168 valence electrons. The van der Waals surface area contributed by atoms with Gasteiger partial charge in [-0.05, 0) is 35.1 Å². The molecule has 0 bridgehead atoms. The van der Waals surface area contributed by atoms with Crippen molar-refractivity contribution in [2.45, 2.75) is 43.6 Å². The highest BCUT2D eigenvalue weighted by Gasteiger charge is 2.42. The molecule has 1 aromatic heterocycles. The van der Waals surface area contributed by atoms with Gasteiger partial charge in [0.2, 0.25) is 11.1 Å². The molecule has 2 aromatic carbocycles. The molecule has 2 heterocycles. The van der Waals surface area contributed by atoms with Gasteiger partial charge in [-0.3, -0.25) is 14.9 Å². The molecule has 8 nitrogen and oxygen atoms in total. The summed E-state index contributed by atoms with van der Waals surface area (Å²) in [6, 6.07) is 16.0. The third-order valence-corrected chi connectivity index (χ3v) is 6.85. The summed E-state index contributed by atoms with van der Waals surface area (Å²) < 4.78 is 1.74. The van der Waals surface area contributed by atoms with Crippen LogP contribution in [-0.4, -0.2) is 25.5 Å². The summed E-state index contributed by atoms with van der Waals surface area (Å²) in [6.07, 6.45) is 1.16. The molecule has 1 aliphatic heterocycles. The summed E-state index contributed by atoms with van der Waals surface area (Å²) >= 11 is 1.53. The lowest BCUT2D eigenvalue weighted by Gasteiger charge is -2.38. The van der Waals surface area contributed by atoms with Crippen LogP contribution in [-0.2, 0) is 10.5 Å². The van der Waals surface area contributed by atoms with E-state index in [2.05, 4.69) is 31.3 Å². The van der Waals surface area contributed by atoms with Crippen molar-refractivity contribution in [1.82, 2.24) is 14.8 Å². The zero-order chi connectivity index (χ0) is 23.2. The van der Waals surface area contributed by atoms with Crippen LogP contribution in [0.4, 0.5) is 11.6 Å². The van der Waals surface area contributed by atoms with E-state index in [1.807, 2.05) is 18.2 Å². The Hall–Kier alpha value is -3.46. The lowest BCUT2D eigenvalue weighted by molar-refractivity contribution is -0.384. The van der Waals surface area contributed by atoms with Crippen molar-refractivity contribution in [3.05, 3.63) is 87.1 Å². The number of thioether (sulfide) groups is 1. The van der Waals surface area contributed by atoms with Crippen molar-refractivity contribution in [3.8, 4) is 0 Å². The topological polar surface area (TPSA) is 103 Å².